The van der Waals surface area contributed by atoms with Gasteiger partial charge in [0, 0.05) is 18.7 Å². The minimum Gasteiger partial charge on any atom is -0.298 e. The van der Waals surface area contributed by atoms with Gasteiger partial charge < -0.3 is 0 Å². The van der Waals surface area contributed by atoms with Crippen LogP contribution in [0.4, 0.5) is 0 Å². The molecule has 90 valence electrons. The molecule has 0 radical (unpaired) electrons. The van der Waals surface area contributed by atoms with Crippen LogP contribution < -0.4 is 0 Å². The number of aldehydes is 1. The minimum absolute atomic E-state index is 0.376. The van der Waals surface area contributed by atoms with E-state index >= 15 is 0 Å². The Kier molecular flexibility index (Phi) is 3.71. The van der Waals surface area contributed by atoms with Gasteiger partial charge in [-0.1, -0.05) is 36.4 Å². The van der Waals surface area contributed by atoms with Crippen LogP contribution in [-0.4, -0.2) is 49.4 Å². The van der Waals surface area contributed by atoms with Crippen LogP contribution in [0.25, 0.3) is 6.08 Å². The van der Waals surface area contributed by atoms with E-state index < -0.39 is 0 Å². The van der Waals surface area contributed by atoms with Gasteiger partial charge in [-0.15, -0.1) is 0 Å². The first-order chi connectivity index (χ1) is 8.20. The second-order valence-corrected chi connectivity index (χ2v) is 4.52. The van der Waals surface area contributed by atoms with E-state index in [1.165, 1.54) is 0 Å². The molecular weight excluding hydrogens is 212 g/mol. The number of hydrogen-bond donors (Lipinski definition) is 0. The van der Waals surface area contributed by atoms with Gasteiger partial charge >= 0.3 is 0 Å². The molecule has 0 N–H and O–H groups in total. The van der Waals surface area contributed by atoms with Gasteiger partial charge in [0.05, 0.1) is 6.17 Å². The van der Waals surface area contributed by atoms with Crippen LogP contribution in [-0.2, 0) is 0 Å². The maximum absolute atomic E-state index is 10.5. The summed E-state index contributed by atoms with van der Waals surface area (Å²) in [7, 11) is 4.27. The number of carbonyl (C=O) groups excluding carboxylic acids is 1. The third kappa shape index (κ3) is 2.81. The molecule has 0 saturated carbocycles. The number of rotatable bonds is 3. The van der Waals surface area contributed by atoms with Crippen LogP contribution >= 0.6 is 0 Å². The molecule has 1 heterocycles. The molecule has 3 heteroatoms. The van der Waals surface area contributed by atoms with Crippen molar-refractivity contribution in [1.29, 1.82) is 0 Å². The van der Waals surface area contributed by atoms with Crippen LogP contribution in [0.1, 0.15) is 15.9 Å². The van der Waals surface area contributed by atoms with Crippen molar-refractivity contribution < 1.29 is 4.79 Å². The highest BCUT2D eigenvalue weighted by Crippen LogP contribution is 2.13. The van der Waals surface area contributed by atoms with Gasteiger partial charge in [0.15, 0.2) is 0 Å². The highest BCUT2D eigenvalue weighted by Gasteiger charge is 2.22. The van der Waals surface area contributed by atoms with Gasteiger partial charge in [0.2, 0.25) is 0 Å². The van der Waals surface area contributed by atoms with Crippen molar-refractivity contribution in [3.05, 3.63) is 41.5 Å². The van der Waals surface area contributed by atoms with Gasteiger partial charge in [-0.3, -0.25) is 14.6 Å². The fourth-order valence-corrected chi connectivity index (χ4v) is 2.09. The van der Waals surface area contributed by atoms with E-state index in [9.17, 15) is 4.79 Å². The van der Waals surface area contributed by atoms with E-state index in [1.807, 2.05) is 24.3 Å². The summed E-state index contributed by atoms with van der Waals surface area (Å²) in [6.45, 7) is 2.21. The summed E-state index contributed by atoms with van der Waals surface area (Å²) in [5.41, 5.74) is 1.85. The first-order valence-electron chi connectivity index (χ1n) is 5.84. The molecule has 0 unspecified atom stereocenters. The largest absolute Gasteiger partial charge is 0.298 e. The normalized spacial score (nSPS) is 19.2. The zero-order valence-corrected chi connectivity index (χ0v) is 10.3. The smallest absolute Gasteiger partial charge is 0.150 e. The summed E-state index contributed by atoms with van der Waals surface area (Å²) in [5.74, 6) is 0. The lowest BCUT2D eigenvalue weighted by Crippen LogP contribution is -2.32. The highest BCUT2D eigenvalue weighted by molar-refractivity contribution is 5.75. The van der Waals surface area contributed by atoms with Crippen molar-refractivity contribution in [3.8, 4) is 0 Å². The summed E-state index contributed by atoms with van der Waals surface area (Å²) >= 11 is 0. The molecule has 1 aromatic carbocycles. The molecule has 2 rings (SSSR count). The Morgan fingerprint density at radius 3 is 2.12 bits per heavy atom. The number of likely N-dealkylation sites (N-methyl/N-ethyl adjacent to an activating group) is 2. The first kappa shape index (κ1) is 12.0. The van der Waals surface area contributed by atoms with E-state index in [-0.39, 0.29) is 0 Å². The maximum Gasteiger partial charge on any atom is 0.150 e. The maximum atomic E-state index is 10.5. The lowest BCUT2D eigenvalue weighted by molar-refractivity contribution is 0.112. The Bertz CT molecular complexity index is 401. The fraction of sp³-hybridized carbons (Fsp3) is 0.357. The van der Waals surface area contributed by atoms with Gasteiger partial charge in [-0.05, 0) is 19.7 Å². The topological polar surface area (TPSA) is 23.6 Å². The Morgan fingerprint density at radius 2 is 1.59 bits per heavy atom. The predicted molar refractivity (Wildman–Crippen MR) is 69.9 cm³/mol. The van der Waals surface area contributed by atoms with Crippen LogP contribution in [0.3, 0.4) is 0 Å². The van der Waals surface area contributed by atoms with E-state index in [0.29, 0.717) is 6.17 Å². The minimum atomic E-state index is 0.376. The molecule has 3 nitrogen and oxygen atoms in total. The Balaban J connectivity index is 2.06. The number of carbonyl (C=O) groups is 1. The summed E-state index contributed by atoms with van der Waals surface area (Å²) in [6.07, 6.45) is 5.55. The standard InChI is InChI=1S/C14H18N2O/c1-15-9-10-16(2)14(15)8-7-12-3-5-13(11-17)6-4-12/h3-8,11,14H,9-10H2,1-2H3. The summed E-state index contributed by atoms with van der Waals surface area (Å²) in [5, 5.41) is 0. The Labute approximate surface area is 102 Å². The summed E-state index contributed by atoms with van der Waals surface area (Å²) in [4.78, 5) is 15.2. The molecule has 1 aliphatic rings. The van der Waals surface area contributed by atoms with Crippen LogP contribution in [0, 0.1) is 0 Å². The van der Waals surface area contributed by atoms with Crippen LogP contribution in [0.15, 0.2) is 30.3 Å². The highest BCUT2D eigenvalue weighted by atomic mass is 16.1. The average molecular weight is 230 g/mol. The Hall–Kier alpha value is -1.45. The van der Waals surface area contributed by atoms with E-state index in [1.54, 1.807) is 0 Å². The number of benzene rings is 1. The monoisotopic (exact) mass is 230 g/mol. The van der Waals surface area contributed by atoms with Gasteiger partial charge in [0.1, 0.15) is 6.29 Å². The molecule has 0 spiro atoms. The molecule has 1 aliphatic heterocycles. The molecule has 1 fully saturated rings. The summed E-state index contributed by atoms with van der Waals surface area (Å²) in [6, 6.07) is 7.62. The van der Waals surface area contributed by atoms with Crippen molar-refractivity contribution >= 4 is 12.4 Å². The number of hydrogen-bond acceptors (Lipinski definition) is 3. The SMILES string of the molecule is CN1CCN(C)C1C=Cc1ccc(C=O)cc1. The molecule has 0 aliphatic carbocycles. The molecule has 0 bridgehead atoms. The molecule has 1 aromatic rings. The van der Waals surface area contributed by atoms with Gasteiger partial charge in [-0.25, -0.2) is 0 Å². The zero-order chi connectivity index (χ0) is 12.3. The quantitative estimate of drug-likeness (QED) is 0.739. The van der Waals surface area contributed by atoms with E-state index in [4.69, 9.17) is 0 Å². The first-order valence-corrected chi connectivity index (χ1v) is 5.84. The van der Waals surface area contributed by atoms with Crippen molar-refractivity contribution in [1.82, 2.24) is 9.80 Å². The lowest BCUT2D eigenvalue weighted by Gasteiger charge is -2.21. The Morgan fingerprint density at radius 1 is 1.06 bits per heavy atom. The average Bonchev–Trinajstić information content (AvgIpc) is 2.67. The second-order valence-electron chi connectivity index (χ2n) is 4.52. The fourth-order valence-electron chi connectivity index (χ4n) is 2.09. The van der Waals surface area contributed by atoms with Crippen LogP contribution in [0.5, 0.6) is 0 Å². The molecule has 1 saturated heterocycles. The molecule has 0 atom stereocenters. The third-order valence-corrected chi connectivity index (χ3v) is 3.24. The van der Waals surface area contributed by atoms with E-state index in [2.05, 4.69) is 36.0 Å². The van der Waals surface area contributed by atoms with Gasteiger partial charge in [0.25, 0.3) is 0 Å². The molecular formula is C14H18N2O. The second kappa shape index (κ2) is 5.25. The molecule has 0 amide bonds. The lowest BCUT2D eigenvalue weighted by atomic mass is 10.1. The van der Waals surface area contributed by atoms with Crippen molar-refractivity contribution in [2.75, 3.05) is 27.2 Å². The van der Waals surface area contributed by atoms with Crippen molar-refractivity contribution in [3.63, 3.8) is 0 Å². The zero-order valence-electron chi connectivity index (χ0n) is 10.3. The van der Waals surface area contributed by atoms with Crippen molar-refractivity contribution in [2.24, 2.45) is 0 Å². The molecule has 0 aromatic heterocycles. The predicted octanol–water partition coefficient (Wildman–Crippen LogP) is 1.72. The van der Waals surface area contributed by atoms with E-state index in [0.717, 1.165) is 30.5 Å². The van der Waals surface area contributed by atoms with Crippen molar-refractivity contribution in [2.45, 2.75) is 6.17 Å². The van der Waals surface area contributed by atoms with Crippen LogP contribution in [0.2, 0.25) is 0 Å². The van der Waals surface area contributed by atoms with Gasteiger partial charge in [-0.2, -0.15) is 0 Å². The third-order valence-electron chi connectivity index (χ3n) is 3.24. The molecule has 17 heavy (non-hydrogen) atoms. The number of nitrogens with zero attached hydrogens (tertiary/aromatic N) is 2. The summed E-state index contributed by atoms with van der Waals surface area (Å²) < 4.78 is 0.